The summed E-state index contributed by atoms with van der Waals surface area (Å²) in [5, 5.41) is 9.07. The Balaban J connectivity index is 1.46. The average molecular weight is 514 g/mol. The van der Waals surface area contributed by atoms with Crippen molar-refractivity contribution in [2.75, 3.05) is 19.0 Å². The Hall–Kier alpha value is -3.77. The Kier molecular flexibility index (Phi) is 7.42. The fraction of sp³-hybridized carbons (Fsp3) is 0.174. The van der Waals surface area contributed by atoms with Crippen molar-refractivity contribution in [3.05, 3.63) is 70.4 Å². The van der Waals surface area contributed by atoms with E-state index < -0.39 is 11.7 Å². The molecule has 2 amide bonds. The second kappa shape index (κ2) is 10.7. The number of anilines is 1. The molecule has 0 aliphatic carbocycles. The van der Waals surface area contributed by atoms with Gasteiger partial charge in [0, 0.05) is 5.69 Å². The summed E-state index contributed by atoms with van der Waals surface area (Å²) < 4.78 is 25.8. The first-order chi connectivity index (χ1) is 16.8. The van der Waals surface area contributed by atoms with Crippen LogP contribution in [0.25, 0.3) is 6.08 Å². The number of nitrogens with zero attached hydrogens (tertiary/aromatic N) is 3. The molecule has 2 N–H and O–H groups in total. The zero-order valence-electron chi connectivity index (χ0n) is 18.7. The SMILES string of the molecule is COc1cc(/C=C2\SC(=S)N(CC(=O)Nc3ccc(C)cc3)C2=O)cc(F)c1OCc1ncn[nH]1. The van der Waals surface area contributed by atoms with Gasteiger partial charge in [-0.15, -0.1) is 0 Å². The number of hydrogen-bond acceptors (Lipinski definition) is 8. The number of thioether (sulfide) groups is 1. The lowest BCUT2D eigenvalue weighted by Gasteiger charge is -2.14. The lowest BCUT2D eigenvalue weighted by atomic mass is 10.1. The molecule has 1 fully saturated rings. The van der Waals surface area contributed by atoms with E-state index in [9.17, 15) is 14.0 Å². The maximum absolute atomic E-state index is 14.8. The number of H-pyrrole nitrogens is 1. The summed E-state index contributed by atoms with van der Waals surface area (Å²) in [7, 11) is 1.38. The van der Waals surface area contributed by atoms with E-state index in [2.05, 4.69) is 20.5 Å². The Morgan fingerprint density at radius 2 is 2.09 bits per heavy atom. The smallest absolute Gasteiger partial charge is 0.266 e. The van der Waals surface area contributed by atoms with Gasteiger partial charge in [0.05, 0.1) is 12.0 Å². The van der Waals surface area contributed by atoms with Crippen LogP contribution in [0, 0.1) is 12.7 Å². The molecule has 35 heavy (non-hydrogen) atoms. The zero-order chi connectivity index (χ0) is 24.9. The predicted molar refractivity (Wildman–Crippen MR) is 133 cm³/mol. The maximum Gasteiger partial charge on any atom is 0.266 e. The number of carbonyl (C=O) groups excluding carboxylic acids is 2. The van der Waals surface area contributed by atoms with Crippen LogP contribution in [0.15, 0.2) is 47.6 Å². The van der Waals surface area contributed by atoms with Gasteiger partial charge < -0.3 is 14.8 Å². The highest BCUT2D eigenvalue weighted by atomic mass is 32.2. The zero-order valence-corrected chi connectivity index (χ0v) is 20.3. The van der Waals surface area contributed by atoms with Crippen LogP contribution in [0.4, 0.5) is 10.1 Å². The van der Waals surface area contributed by atoms with Crippen molar-refractivity contribution >= 4 is 51.9 Å². The number of hydrogen-bond donors (Lipinski definition) is 2. The van der Waals surface area contributed by atoms with Gasteiger partial charge in [0.25, 0.3) is 5.91 Å². The molecule has 1 aromatic heterocycles. The molecule has 9 nitrogen and oxygen atoms in total. The van der Waals surface area contributed by atoms with Crippen LogP contribution >= 0.6 is 24.0 Å². The predicted octanol–water partition coefficient (Wildman–Crippen LogP) is 3.68. The largest absolute Gasteiger partial charge is 0.493 e. The minimum absolute atomic E-state index is 0.0318. The summed E-state index contributed by atoms with van der Waals surface area (Å²) in [6.07, 6.45) is 2.81. The molecule has 1 aliphatic rings. The Bertz CT molecular complexity index is 1300. The monoisotopic (exact) mass is 513 g/mol. The second-order valence-electron chi connectivity index (χ2n) is 7.44. The van der Waals surface area contributed by atoms with Crippen molar-refractivity contribution in [3.63, 3.8) is 0 Å². The lowest BCUT2D eigenvalue weighted by Crippen LogP contribution is -2.36. The lowest BCUT2D eigenvalue weighted by molar-refractivity contribution is -0.126. The number of nitrogens with one attached hydrogen (secondary N) is 2. The number of benzene rings is 2. The second-order valence-corrected chi connectivity index (χ2v) is 9.11. The van der Waals surface area contributed by atoms with E-state index >= 15 is 0 Å². The number of amides is 2. The van der Waals surface area contributed by atoms with Gasteiger partial charge in [0.2, 0.25) is 5.91 Å². The van der Waals surface area contributed by atoms with E-state index in [0.717, 1.165) is 17.3 Å². The van der Waals surface area contributed by atoms with E-state index in [0.29, 0.717) is 17.1 Å². The molecule has 0 bridgehead atoms. The number of ether oxygens (including phenoxy) is 2. The van der Waals surface area contributed by atoms with Crippen LogP contribution in [0.3, 0.4) is 0 Å². The molecule has 2 heterocycles. The van der Waals surface area contributed by atoms with Crippen molar-refractivity contribution in [3.8, 4) is 11.5 Å². The maximum atomic E-state index is 14.8. The summed E-state index contributed by atoms with van der Waals surface area (Å²) in [6.45, 7) is 1.68. The molecular formula is C23H20FN5O4S2. The summed E-state index contributed by atoms with van der Waals surface area (Å²) in [5.41, 5.74) is 2.05. The van der Waals surface area contributed by atoms with Crippen LogP contribution in [0.1, 0.15) is 17.0 Å². The number of aryl methyl sites for hydroxylation is 1. The minimum Gasteiger partial charge on any atom is -0.493 e. The average Bonchev–Trinajstić information content (AvgIpc) is 3.44. The first-order valence-electron chi connectivity index (χ1n) is 10.3. The standard InChI is InChI=1S/C23H20FN5O4S2/c1-13-3-5-15(6-4-13)27-20(30)10-29-22(31)18(35-23(29)34)9-14-7-16(24)21(17(8-14)32-2)33-11-19-25-12-26-28-19/h3-9,12H,10-11H2,1-2H3,(H,27,30)(H,25,26,28)/b18-9-. The number of aromatic nitrogens is 3. The van der Waals surface area contributed by atoms with Crippen LogP contribution in [-0.4, -0.2) is 49.9 Å². The third-order valence-electron chi connectivity index (χ3n) is 4.88. The third-order valence-corrected chi connectivity index (χ3v) is 6.26. The molecule has 0 saturated carbocycles. The third kappa shape index (κ3) is 5.84. The number of carbonyl (C=O) groups is 2. The Morgan fingerprint density at radius 1 is 1.31 bits per heavy atom. The van der Waals surface area contributed by atoms with Crippen molar-refractivity contribution in [2.24, 2.45) is 0 Å². The number of methoxy groups -OCH3 is 1. The van der Waals surface area contributed by atoms with Gasteiger partial charge in [-0.1, -0.05) is 41.7 Å². The quantitative estimate of drug-likeness (QED) is 0.347. The van der Waals surface area contributed by atoms with E-state index in [1.807, 2.05) is 19.1 Å². The molecule has 1 aliphatic heterocycles. The van der Waals surface area contributed by atoms with Gasteiger partial charge >= 0.3 is 0 Å². The number of thiocarbonyl (C=S) groups is 1. The number of halogens is 1. The van der Waals surface area contributed by atoms with E-state index in [-0.39, 0.29) is 39.8 Å². The first-order valence-corrected chi connectivity index (χ1v) is 11.5. The van der Waals surface area contributed by atoms with Crippen LogP contribution < -0.4 is 14.8 Å². The molecule has 0 atom stereocenters. The summed E-state index contributed by atoms with van der Waals surface area (Å²) in [4.78, 5) is 30.7. The molecular weight excluding hydrogens is 493 g/mol. The van der Waals surface area contributed by atoms with Gasteiger partial charge in [0.1, 0.15) is 23.8 Å². The van der Waals surface area contributed by atoms with Crippen molar-refractivity contribution in [2.45, 2.75) is 13.5 Å². The van der Waals surface area contributed by atoms with E-state index in [1.54, 1.807) is 12.1 Å². The van der Waals surface area contributed by atoms with Gasteiger partial charge in [-0.25, -0.2) is 9.37 Å². The van der Waals surface area contributed by atoms with Gasteiger partial charge in [0.15, 0.2) is 23.1 Å². The van der Waals surface area contributed by atoms with Gasteiger partial charge in [-0.2, -0.15) is 5.10 Å². The highest BCUT2D eigenvalue weighted by Gasteiger charge is 2.33. The minimum atomic E-state index is -0.678. The summed E-state index contributed by atoms with van der Waals surface area (Å²) in [6, 6.07) is 10.0. The Labute approximate surface area is 209 Å². The Morgan fingerprint density at radius 3 is 2.77 bits per heavy atom. The normalized spacial score (nSPS) is 14.5. The van der Waals surface area contributed by atoms with Gasteiger partial charge in [-0.05, 0) is 42.8 Å². The topological polar surface area (TPSA) is 109 Å². The molecule has 2 aromatic carbocycles. The molecule has 12 heteroatoms. The number of rotatable bonds is 8. The van der Waals surface area contributed by atoms with Crippen molar-refractivity contribution in [1.82, 2.24) is 20.1 Å². The van der Waals surface area contributed by atoms with Crippen LogP contribution in [0.5, 0.6) is 11.5 Å². The fourth-order valence-corrected chi connectivity index (χ4v) is 4.43. The van der Waals surface area contributed by atoms with Crippen LogP contribution in [-0.2, 0) is 16.2 Å². The van der Waals surface area contributed by atoms with Gasteiger partial charge in [-0.3, -0.25) is 19.6 Å². The van der Waals surface area contributed by atoms with Crippen molar-refractivity contribution in [1.29, 1.82) is 0 Å². The molecule has 0 radical (unpaired) electrons. The molecule has 180 valence electrons. The fourth-order valence-electron chi connectivity index (χ4n) is 3.17. The summed E-state index contributed by atoms with van der Waals surface area (Å²) in [5.74, 6) is -1.03. The molecule has 1 saturated heterocycles. The molecule has 3 aromatic rings. The molecule has 0 spiro atoms. The van der Waals surface area contributed by atoms with E-state index in [1.165, 1.54) is 36.5 Å². The highest BCUT2D eigenvalue weighted by molar-refractivity contribution is 8.26. The van der Waals surface area contributed by atoms with Crippen molar-refractivity contribution < 1.29 is 23.5 Å². The molecule has 0 unspecified atom stereocenters. The van der Waals surface area contributed by atoms with Crippen LogP contribution in [0.2, 0.25) is 0 Å². The number of aromatic amines is 1. The summed E-state index contributed by atoms with van der Waals surface area (Å²) >= 11 is 6.33. The first kappa shape index (κ1) is 24.4. The molecule has 4 rings (SSSR count). The van der Waals surface area contributed by atoms with E-state index in [4.69, 9.17) is 21.7 Å². The highest BCUT2D eigenvalue weighted by Crippen LogP contribution is 2.36.